The largest absolute Gasteiger partial charge is 0.465 e. The minimum absolute atomic E-state index is 0.0677. The number of benzene rings is 2. The van der Waals surface area contributed by atoms with Crippen molar-refractivity contribution in [1.82, 2.24) is 4.98 Å². The zero-order valence-corrected chi connectivity index (χ0v) is 14.4. The molecule has 2 aromatic carbocycles. The number of nitrogens with two attached hydrogens (primary N) is 1. The molecule has 1 atom stereocenters. The fraction of sp³-hybridized carbons (Fsp3) is 0.200. The first-order chi connectivity index (χ1) is 12.6. The Morgan fingerprint density at radius 3 is 2.62 bits per heavy atom. The van der Waals surface area contributed by atoms with E-state index in [-0.39, 0.29) is 24.1 Å². The lowest BCUT2D eigenvalue weighted by Crippen LogP contribution is -2.26. The highest BCUT2D eigenvalue weighted by Gasteiger charge is 2.17. The molecule has 0 unspecified atom stereocenters. The van der Waals surface area contributed by atoms with Gasteiger partial charge in [-0.05, 0) is 36.2 Å². The number of carbonyl (C=O) groups excluding carboxylic acids is 1. The van der Waals surface area contributed by atoms with Gasteiger partial charge in [-0.15, -0.1) is 0 Å². The van der Waals surface area contributed by atoms with E-state index < -0.39 is 5.97 Å². The van der Waals surface area contributed by atoms with E-state index in [2.05, 4.69) is 4.98 Å². The lowest BCUT2D eigenvalue weighted by atomic mass is 10.1. The number of aromatic nitrogens is 1. The van der Waals surface area contributed by atoms with Crippen molar-refractivity contribution < 1.29 is 19.4 Å². The molecule has 0 fully saturated rings. The molecule has 0 amide bonds. The first kappa shape index (κ1) is 17.8. The molecule has 6 nitrogen and oxygen atoms in total. The van der Waals surface area contributed by atoms with Crippen molar-refractivity contribution in [2.75, 3.05) is 13.7 Å². The molecule has 0 aliphatic rings. The van der Waals surface area contributed by atoms with Crippen molar-refractivity contribution in [3.63, 3.8) is 0 Å². The van der Waals surface area contributed by atoms with Gasteiger partial charge in [0.1, 0.15) is 11.3 Å². The topological polar surface area (TPSA) is 94.7 Å². The van der Waals surface area contributed by atoms with Gasteiger partial charge in [0, 0.05) is 11.4 Å². The highest BCUT2D eigenvalue weighted by molar-refractivity contribution is 5.96. The van der Waals surface area contributed by atoms with E-state index in [1.54, 1.807) is 18.2 Å². The molecule has 0 spiro atoms. The van der Waals surface area contributed by atoms with Crippen molar-refractivity contribution in [1.29, 1.82) is 0 Å². The Morgan fingerprint density at radius 2 is 1.92 bits per heavy atom. The predicted octanol–water partition coefficient (Wildman–Crippen LogP) is 2.68. The highest BCUT2D eigenvalue weighted by Crippen LogP contribution is 2.28. The summed E-state index contributed by atoms with van der Waals surface area (Å²) in [5, 5.41) is 9.86. The number of methoxy groups -OCH3 is 1. The molecule has 26 heavy (non-hydrogen) atoms. The van der Waals surface area contributed by atoms with E-state index in [1.165, 1.54) is 7.11 Å². The maximum Gasteiger partial charge on any atom is 0.343 e. The van der Waals surface area contributed by atoms with Gasteiger partial charge < -0.3 is 20.3 Å². The first-order valence-corrected chi connectivity index (χ1v) is 8.22. The van der Waals surface area contributed by atoms with E-state index in [0.29, 0.717) is 12.2 Å². The third-order valence-corrected chi connectivity index (χ3v) is 3.96. The summed E-state index contributed by atoms with van der Waals surface area (Å²) in [6.45, 7) is -0.0677. The van der Waals surface area contributed by atoms with Crippen molar-refractivity contribution in [2.24, 2.45) is 5.73 Å². The van der Waals surface area contributed by atoms with Crippen LogP contribution in [0.25, 0.3) is 10.9 Å². The molecular formula is C20H20N2O4. The average Bonchev–Trinajstić information content (AvgIpc) is 2.68. The Bertz CT molecular complexity index is 909. The van der Waals surface area contributed by atoms with Gasteiger partial charge in [0.2, 0.25) is 5.88 Å². The fourth-order valence-corrected chi connectivity index (χ4v) is 2.60. The van der Waals surface area contributed by atoms with Crippen LogP contribution in [-0.4, -0.2) is 35.8 Å². The number of carbonyl (C=O) groups is 1. The smallest absolute Gasteiger partial charge is 0.343 e. The van der Waals surface area contributed by atoms with Gasteiger partial charge >= 0.3 is 5.97 Å². The van der Waals surface area contributed by atoms with Crippen LogP contribution in [0.4, 0.5) is 0 Å². The quantitative estimate of drug-likeness (QED) is 0.662. The summed E-state index contributed by atoms with van der Waals surface area (Å²) in [6.07, 6.45) is 0.568. The Kier molecular flexibility index (Phi) is 5.46. The molecule has 6 heteroatoms. The predicted molar refractivity (Wildman–Crippen MR) is 98.4 cm³/mol. The van der Waals surface area contributed by atoms with Crippen LogP contribution in [0.2, 0.25) is 0 Å². The minimum Gasteiger partial charge on any atom is -0.465 e. The summed E-state index contributed by atoms with van der Waals surface area (Å²) in [4.78, 5) is 16.5. The molecule has 134 valence electrons. The Morgan fingerprint density at radius 1 is 1.19 bits per heavy atom. The van der Waals surface area contributed by atoms with Crippen LogP contribution in [0.15, 0.2) is 54.6 Å². The van der Waals surface area contributed by atoms with Crippen LogP contribution >= 0.6 is 0 Å². The number of fused-ring (bicyclic) bond motifs is 1. The van der Waals surface area contributed by atoms with Crippen LogP contribution in [0, 0.1) is 0 Å². The Balaban J connectivity index is 1.90. The molecule has 0 aliphatic heterocycles. The molecule has 0 saturated heterocycles. The summed E-state index contributed by atoms with van der Waals surface area (Å²) in [5.41, 5.74) is 7.71. The molecule has 0 radical (unpaired) electrons. The number of aliphatic hydroxyl groups excluding tert-OH is 1. The van der Waals surface area contributed by atoms with Crippen molar-refractivity contribution in [3.8, 4) is 11.6 Å². The highest BCUT2D eigenvalue weighted by atomic mass is 16.5. The van der Waals surface area contributed by atoms with Gasteiger partial charge in [-0.25, -0.2) is 9.78 Å². The minimum atomic E-state index is -0.510. The number of hydrogen-bond acceptors (Lipinski definition) is 6. The Hall–Kier alpha value is -2.96. The van der Waals surface area contributed by atoms with Crippen molar-refractivity contribution in [3.05, 3.63) is 65.7 Å². The van der Waals surface area contributed by atoms with Gasteiger partial charge in [0.05, 0.1) is 19.2 Å². The lowest BCUT2D eigenvalue weighted by molar-refractivity contribution is 0.0597. The number of hydrogen-bond donors (Lipinski definition) is 2. The Labute approximate surface area is 151 Å². The van der Waals surface area contributed by atoms with Crippen LogP contribution in [-0.2, 0) is 11.2 Å². The summed E-state index contributed by atoms with van der Waals surface area (Å²) in [7, 11) is 1.32. The second kappa shape index (κ2) is 7.95. The normalized spacial score (nSPS) is 12.0. The van der Waals surface area contributed by atoms with Crippen LogP contribution in [0.5, 0.6) is 11.6 Å². The third-order valence-electron chi connectivity index (χ3n) is 3.96. The maximum atomic E-state index is 12.1. The second-order valence-corrected chi connectivity index (χ2v) is 5.92. The van der Waals surface area contributed by atoms with E-state index in [4.69, 9.17) is 20.3 Å². The van der Waals surface area contributed by atoms with E-state index in [1.807, 2.05) is 36.4 Å². The van der Waals surface area contributed by atoms with Crippen LogP contribution < -0.4 is 10.5 Å². The summed E-state index contributed by atoms with van der Waals surface area (Å²) >= 11 is 0. The number of rotatable bonds is 6. The third kappa shape index (κ3) is 3.99. The second-order valence-electron chi connectivity index (χ2n) is 5.92. The first-order valence-electron chi connectivity index (χ1n) is 8.22. The fourth-order valence-electron chi connectivity index (χ4n) is 2.60. The van der Waals surface area contributed by atoms with E-state index >= 15 is 0 Å². The average molecular weight is 352 g/mol. The molecule has 0 bridgehead atoms. The van der Waals surface area contributed by atoms with Gasteiger partial charge in [0.25, 0.3) is 0 Å². The SMILES string of the molecule is COC(=O)c1cc2ccccc2nc1Oc1ccc(C[C@H](N)CO)cc1. The molecule has 3 rings (SSSR count). The standard InChI is InChI=1S/C20H20N2O4/c1-25-20(24)17-11-14-4-2-3-5-18(14)22-19(17)26-16-8-6-13(7-9-16)10-15(21)12-23/h2-9,11,15,23H,10,12,21H2,1H3/t15-/m0/s1. The van der Waals surface area contributed by atoms with Gasteiger partial charge in [-0.1, -0.05) is 30.3 Å². The number of ether oxygens (including phenoxy) is 2. The van der Waals surface area contributed by atoms with Crippen molar-refractivity contribution in [2.45, 2.75) is 12.5 Å². The van der Waals surface area contributed by atoms with Gasteiger partial charge in [-0.3, -0.25) is 0 Å². The van der Waals surface area contributed by atoms with Gasteiger partial charge in [0.15, 0.2) is 0 Å². The molecule has 0 saturated carbocycles. The molecule has 3 aromatic rings. The summed E-state index contributed by atoms with van der Waals surface area (Å²) in [6, 6.07) is 16.2. The van der Waals surface area contributed by atoms with Crippen molar-refractivity contribution >= 4 is 16.9 Å². The lowest BCUT2D eigenvalue weighted by Gasteiger charge is -2.12. The van der Waals surface area contributed by atoms with Crippen LogP contribution in [0.1, 0.15) is 15.9 Å². The number of pyridine rings is 1. The number of aliphatic hydroxyl groups is 1. The maximum absolute atomic E-state index is 12.1. The molecule has 1 heterocycles. The number of para-hydroxylation sites is 1. The van der Waals surface area contributed by atoms with E-state index in [9.17, 15) is 4.79 Å². The summed E-state index contributed by atoms with van der Waals surface area (Å²) in [5.74, 6) is 0.221. The monoisotopic (exact) mass is 352 g/mol. The zero-order chi connectivity index (χ0) is 18.5. The number of esters is 1. The van der Waals surface area contributed by atoms with Crippen LogP contribution in [0.3, 0.4) is 0 Å². The molecular weight excluding hydrogens is 332 g/mol. The molecule has 0 aliphatic carbocycles. The summed E-state index contributed by atoms with van der Waals surface area (Å²) < 4.78 is 10.7. The zero-order valence-electron chi connectivity index (χ0n) is 14.4. The van der Waals surface area contributed by atoms with E-state index in [0.717, 1.165) is 16.5 Å². The number of nitrogens with zero attached hydrogens (tertiary/aromatic N) is 1. The van der Waals surface area contributed by atoms with Gasteiger partial charge in [-0.2, -0.15) is 0 Å². The molecule has 3 N–H and O–H groups in total. The molecule has 1 aromatic heterocycles.